The van der Waals surface area contributed by atoms with E-state index in [1.165, 1.54) is 23.5 Å². The van der Waals surface area contributed by atoms with Gasteiger partial charge < -0.3 is 4.55 Å². The smallest absolute Gasteiger partial charge is 0.369 e. The number of thiophene rings is 1. The molecule has 0 aliphatic heterocycles. The highest BCUT2D eigenvalue weighted by atomic mass is 127. The van der Waals surface area contributed by atoms with Crippen LogP contribution in [0.4, 0.5) is 0 Å². The Hall–Kier alpha value is -1.73. The molecule has 0 amide bonds. The highest BCUT2D eigenvalue weighted by Crippen LogP contribution is 2.08. The fourth-order valence-electron chi connectivity index (χ4n) is 1.88. The van der Waals surface area contributed by atoms with E-state index in [0.29, 0.717) is 0 Å². The second-order valence-electron chi connectivity index (χ2n) is 5.33. The Morgan fingerprint density at radius 1 is 1.04 bits per heavy atom. The number of hydrogen-bond donors (Lipinski definition) is 0. The molecule has 0 unspecified atom stereocenters. The number of halogens is 1. The van der Waals surface area contributed by atoms with Crippen LogP contribution in [0.25, 0.3) is 0 Å². The maximum absolute atomic E-state index is 10.4. The molecule has 0 radical (unpaired) electrons. The van der Waals surface area contributed by atoms with Crippen LogP contribution in [0.3, 0.4) is 0 Å². The molecule has 0 atom stereocenters. The van der Waals surface area contributed by atoms with Gasteiger partial charge in [0, 0.05) is 17.0 Å². The first-order valence-electron chi connectivity index (χ1n) is 7.52. The molecule has 0 saturated heterocycles. The Kier molecular flexibility index (Phi) is 7.34. The van der Waals surface area contributed by atoms with E-state index in [-0.39, 0.29) is 26.1 Å². The summed E-state index contributed by atoms with van der Waals surface area (Å²) in [5.74, 6) is 0. The maximum atomic E-state index is 10.4. The van der Waals surface area contributed by atoms with Crippen molar-refractivity contribution in [2.45, 2.75) is 18.7 Å². The molecule has 0 aliphatic carbocycles. The lowest BCUT2D eigenvalue weighted by molar-refractivity contribution is -0.591. The van der Waals surface area contributed by atoms with Crippen molar-refractivity contribution in [3.63, 3.8) is 0 Å². The van der Waals surface area contributed by atoms with Crippen LogP contribution in [0, 0.1) is 31.6 Å². The predicted molar refractivity (Wildman–Crippen MR) is 96.7 cm³/mol. The molecule has 0 aliphatic rings. The largest absolute Gasteiger partial charge is 0.744 e. The van der Waals surface area contributed by atoms with Crippen LogP contribution in [-0.4, -0.2) is 13.0 Å². The van der Waals surface area contributed by atoms with E-state index in [0.717, 1.165) is 11.1 Å². The lowest BCUT2D eigenvalue weighted by Gasteiger charge is -2.05. The summed E-state index contributed by atoms with van der Waals surface area (Å²) in [7, 11) is -4.27. The van der Waals surface area contributed by atoms with Crippen LogP contribution >= 0.6 is 11.3 Å². The van der Waals surface area contributed by atoms with Crippen LogP contribution in [0.2, 0.25) is 0 Å². The molecular formula is C19H16INO3S2. The van der Waals surface area contributed by atoms with Crippen LogP contribution in [0.1, 0.15) is 16.0 Å². The van der Waals surface area contributed by atoms with Gasteiger partial charge in [-0.05, 0) is 44.2 Å². The molecule has 0 fully saturated rings. The van der Waals surface area contributed by atoms with Gasteiger partial charge in [0.05, 0.1) is 16.5 Å². The molecule has 134 valence electrons. The van der Waals surface area contributed by atoms with Crippen molar-refractivity contribution >= 4 is 21.5 Å². The van der Waals surface area contributed by atoms with Crippen molar-refractivity contribution in [3.8, 4) is 6.07 Å². The average Bonchev–Trinajstić information content (AvgIpc) is 3.00. The van der Waals surface area contributed by atoms with Crippen molar-refractivity contribution in [2.24, 2.45) is 0 Å². The van der Waals surface area contributed by atoms with Crippen LogP contribution in [-0.2, 0) is 10.1 Å². The molecule has 3 rings (SSSR count). The lowest BCUT2D eigenvalue weighted by Crippen LogP contribution is -3.61. The Balaban J connectivity index is 0.000000197. The minimum absolute atomic E-state index is 0.106. The molecule has 4 nitrogen and oxygen atoms in total. The number of aryl methyl sites for hydroxylation is 2. The number of benzene rings is 2. The average molecular weight is 497 g/mol. The van der Waals surface area contributed by atoms with E-state index in [1.807, 2.05) is 36.5 Å². The third-order valence-electron chi connectivity index (χ3n) is 3.17. The van der Waals surface area contributed by atoms with Crippen LogP contribution < -0.4 is 21.2 Å². The lowest BCUT2D eigenvalue weighted by atomic mass is 10.2. The zero-order chi connectivity index (χ0) is 19.2. The summed E-state index contributed by atoms with van der Waals surface area (Å²) in [5.41, 5.74) is 1.69. The fourth-order valence-corrected chi connectivity index (χ4v) is 6.79. The van der Waals surface area contributed by atoms with E-state index >= 15 is 0 Å². The monoisotopic (exact) mass is 497 g/mol. The van der Waals surface area contributed by atoms with Gasteiger partial charge in [-0.1, -0.05) is 35.1 Å². The summed E-state index contributed by atoms with van der Waals surface area (Å²) < 4.78 is 33.9. The van der Waals surface area contributed by atoms with E-state index in [4.69, 9.17) is 5.26 Å². The Bertz CT molecular complexity index is 1020. The third kappa shape index (κ3) is 6.53. The molecule has 7 heteroatoms. The van der Waals surface area contributed by atoms with E-state index < -0.39 is 10.1 Å². The van der Waals surface area contributed by atoms with Crippen molar-refractivity contribution in [1.29, 1.82) is 5.26 Å². The quantitative estimate of drug-likeness (QED) is 0.399. The Morgan fingerprint density at radius 2 is 1.73 bits per heavy atom. The zero-order valence-corrected chi connectivity index (χ0v) is 17.9. The maximum Gasteiger partial charge on any atom is 0.369 e. The Morgan fingerprint density at radius 3 is 2.27 bits per heavy atom. The third-order valence-corrected chi connectivity index (χ3v) is 8.17. The number of nitrogens with zero attached hydrogens (tertiary/aromatic N) is 1. The zero-order valence-electron chi connectivity index (χ0n) is 14.1. The van der Waals surface area contributed by atoms with Gasteiger partial charge in [-0.2, -0.15) is 5.26 Å². The second kappa shape index (κ2) is 9.28. The van der Waals surface area contributed by atoms with Crippen LogP contribution in [0.15, 0.2) is 65.6 Å². The van der Waals surface area contributed by atoms with Crippen molar-refractivity contribution in [3.05, 3.63) is 83.1 Å². The second-order valence-corrected chi connectivity index (χ2v) is 11.7. The van der Waals surface area contributed by atoms with E-state index in [2.05, 4.69) is 31.2 Å². The predicted octanol–water partition coefficient (Wildman–Crippen LogP) is 0.956. The SMILES string of the molecule is Cc1ccc(S(=O)(=O)[O-])cc1.Cc1ccc([I+]c2cccc(C#N)c2)s1. The molecule has 0 bridgehead atoms. The fraction of sp³-hybridized carbons (Fsp3) is 0.105. The molecule has 2 aromatic carbocycles. The molecule has 3 aromatic rings. The molecule has 0 saturated carbocycles. The summed E-state index contributed by atoms with van der Waals surface area (Å²) in [4.78, 5) is 1.18. The summed E-state index contributed by atoms with van der Waals surface area (Å²) in [6, 6.07) is 20.3. The minimum atomic E-state index is -4.27. The molecule has 1 heterocycles. The van der Waals surface area contributed by atoms with Gasteiger partial charge in [0.1, 0.15) is 10.1 Å². The first kappa shape index (κ1) is 20.6. The number of rotatable bonds is 3. The summed E-state index contributed by atoms with van der Waals surface area (Å²) >= 11 is 1.76. The number of hydrogen-bond acceptors (Lipinski definition) is 5. The highest BCUT2D eigenvalue weighted by molar-refractivity contribution is 7.85. The molecule has 0 N–H and O–H groups in total. The minimum Gasteiger partial charge on any atom is -0.744 e. The van der Waals surface area contributed by atoms with Gasteiger partial charge in [-0.15, -0.1) is 0 Å². The molecular weight excluding hydrogens is 481 g/mol. The molecule has 0 spiro atoms. The van der Waals surface area contributed by atoms with Crippen molar-refractivity contribution in [1.82, 2.24) is 0 Å². The van der Waals surface area contributed by atoms with Gasteiger partial charge in [0.2, 0.25) is 2.88 Å². The van der Waals surface area contributed by atoms with Gasteiger partial charge >= 0.3 is 21.2 Å². The first-order chi connectivity index (χ1) is 12.3. The first-order valence-corrected chi connectivity index (χ1v) is 11.9. The number of nitriles is 1. The van der Waals surface area contributed by atoms with Crippen LogP contribution in [0.5, 0.6) is 0 Å². The van der Waals surface area contributed by atoms with E-state index in [1.54, 1.807) is 12.1 Å². The molecule has 1 aromatic heterocycles. The standard InChI is InChI=1S/C12H9INS.C7H8O3S/c1-9-5-6-12(15-9)13-11-4-2-3-10(7-11)8-14;1-6-2-4-7(5-3-6)11(8,9)10/h2-7H,1H3;2-5H,1H3,(H,8,9,10)/q+1;/p-1. The normalized spacial score (nSPS) is 10.5. The van der Waals surface area contributed by atoms with Gasteiger partial charge in [-0.25, -0.2) is 8.42 Å². The van der Waals surface area contributed by atoms with Gasteiger partial charge in [0.15, 0.2) is 3.57 Å². The highest BCUT2D eigenvalue weighted by Gasteiger charge is 2.17. The Labute approximate surface area is 168 Å². The molecule has 26 heavy (non-hydrogen) atoms. The van der Waals surface area contributed by atoms with Gasteiger partial charge in [0.25, 0.3) is 0 Å². The van der Waals surface area contributed by atoms with Gasteiger partial charge in [-0.3, -0.25) is 0 Å². The van der Waals surface area contributed by atoms with Crippen molar-refractivity contribution in [2.75, 3.05) is 0 Å². The van der Waals surface area contributed by atoms with Crippen molar-refractivity contribution < 1.29 is 34.2 Å². The summed E-state index contributed by atoms with van der Waals surface area (Å²) in [5, 5.41) is 8.80. The summed E-state index contributed by atoms with van der Waals surface area (Å²) in [6.45, 7) is 3.95. The summed E-state index contributed by atoms with van der Waals surface area (Å²) in [6.07, 6.45) is 0. The van der Waals surface area contributed by atoms with E-state index in [9.17, 15) is 13.0 Å². The topological polar surface area (TPSA) is 81.0 Å².